The first kappa shape index (κ1) is 18.5. The van der Waals surface area contributed by atoms with E-state index in [1.807, 2.05) is 35.2 Å². The van der Waals surface area contributed by atoms with Gasteiger partial charge in [0, 0.05) is 13.1 Å². The van der Waals surface area contributed by atoms with E-state index in [2.05, 4.69) is 32.9 Å². The lowest BCUT2D eigenvalue weighted by atomic mass is 9.86. The predicted molar refractivity (Wildman–Crippen MR) is 109 cm³/mol. The highest BCUT2D eigenvalue weighted by molar-refractivity contribution is 6.02. The fourth-order valence-corrected chi connectivity index (χ4v) is 3.79. The number of rotatable bonds is 2. The Bertz CT molecular complexity index is 930. The number of amides is 2. The van der Waals surface area contributed by atoms with E-state index in [9.17, 15) is 9.59 Å². The number of benzene rings is 2. The maximum Gasteiger partial charge on any atom is 0.265 e. The molecule has 2 amide bonds. The fraction of sp³-hybridized carbons (Fsp3) is 0.391. The molecule has 4 rings (SSSR count). The van der Waals surface area contributed by atoms with Gasteiger partial charge in [-0.3, -0.25) is 14.5 Å². The molecule has 28 heavy (non-hydrogen) atoms. The third-order valence-corrected chi connectivity index (χ3v) is 5.54. The molecule has 0 saturated carbocycles. The van der Waals surface area contributed by atoms with Crippen LogP contribution in [0.25, 0.3) is 0 Å². The van der Waals surface area contributed by atoms with Crippen LogP contribution in [-0.2, 0) is 28.0 Å². The third-order valence-electron chi connectivity index (χ3n) is 5.54. The maximum atomic E-state index is 13.0. The van der Waals surface area contributed by atoms with Gasteiger partial charge in [-0.1, -0.05) is 51.1 Å². The van der Waals surface area contributed by atoms with Crippen molar-refractivity contribution in [1.29, 1.82) is 0 Å². The molecule has 0 atom stereocenters. The average molecular weight is 378 g/mol. The second-order valence-electron chi connectivity index (χ2n) is 8.54. The number of hydrogen-bond donors (Lipinski definition) is 0. The standard InChI is InChI=1S/C23H26N2O3/c1-23(2,3)18-8-9-20-19(12-18)25(22(27)15-28-20)14-21(26)24-11-10-16-6-4-5-7-17(16)13-24/h4-9,12H,10-11,13-15H2,1-3H3. The number of carbonyl (C=O) groups is 2. The Morgan fingerprint density at radius 3 is 2.61 bits per heavy atom. The van der Waals surface area contributed by atoms with Crippen molar-refractivity contribution in [2.75, 3.05) is 24.6 Å². The second-order valence-corrected chi connectivity index (χ2v) is 8.54. The molecule has 0 N–H and O–H groups in total. The molecule has 0 radical (unpaired) electrons. The van der Waals surface area contributed by atoms with Gasteiger partial charge in [0.25, 0.3) is 5.91 Å². The van der Waals surface area contributed by atoms with E-state index >= 15 is 0 Å². The van der Waals surface area contributed by atoms with Gasteiger partial charge in [-0.2, -0.15) is 0 Å². The van der Waals surface area contributed by atoms with Gasteiger partial charge in [0.1, 0.15) is 12.3 Å². The van der Waals surface area contributed by atoms with Gasteiger partial charge in [-0.15, -0.1) is 0 Å². The van der Waals surface area contributed by atoms with Crippen LogP contribution in [0.3, 0.4) is 0 Å². The molecule has 2 heterocycles. The second kappa shape index (κ2) is 6.97. The van der Waals surface area contributed by atoms with Crippen molar-refractivity contribution < 1.29 is 14.3 Å². The Hall–Kier alpha value is -2.82. The summed E-state index contributed by atoms with van der Waals surface area (Å²) in [5.41, 5.74) is 4.23. The lowest BCUT2D eigenvalue weighted by molar-refractivity contribution is -0.132. The molecule has 2 aromatic rings. The topological polar surface area (TPSA) is 49.9 Å². The van der Waals surface area contributed by atoms with E-state index in [-0.39, 0.29) is 30.4 Å². The summed E-state index contributed by atoms with van der Waals surface area (Å²) in [5, 5.41) is 0. The van der Waals surface area contributed by atoms with Crippen LogP contribution in [0.4, 0.5) is 5.69 Å². The summed E-state index contributed by atoms with van der Waals surface area (Å²) in [6.07, 6.45) is 0.851. The Morgan fingerprint density at radius 1 is 1.11 bits per heavy atom. The number of anilines is 1. The Morgan fingerprint density at radius 2 is 1.86 bits per heavy atom. The van der Waals surface area contributed by atoms with Crippen molar-refractivity contribution in [1.82, 2.24) is 4.90 Å². The monoisotopic (exact) mass is 378 g/mol. The summed E-state index contributed by atoms with van der Waals surface area (Å²) in [4.78, 5) is 29.0. The SMILES string of the molecule is CC(C)(C)c1ccc2c(c1)N(CC(=O)N1CCc3ccccc3C1)C(=O)CO2. The van der Waals surface area contributed by atoms with Gasteiger partial charge in [-0.05, 0) is 40.7 Å². The van der Waals surface area contributed by atoms with Gasteiger partial charge in [-0.25, -0.2) is 0 Å². The zero-order valence-corrected chi connectivity index (χ0v) is 16.7. The molecule has 2 aliphatic rings. The van der Waals surface area contributed by atoms with Crippen molar-refractivity contribution in [2.24, 2.45) is 0 Å². The molecule has 5 nitrogen and oxygen atoms in total. The van der Waals surface area contributed by atoms with Crippen LogP contribution in [-0.4, -0.2) is 36.4 Å². The summed E-state index contributed by atoms with van der Waals surface area (Å²) in [6, 6.07) is 14.1. The normalized spacial score (nSPS) is 16.3. The Kier molecular flexibility index (Phi) is 4.61. The van der Waals surface area contributed by atoms with Gasteiger partial charge >= 0.3 is 0 Å². The molecule has 0 saturated heterocycles. The summed E-state index contributed by atoms with van der Waals surface area (Å²) < 4.78 is 5.59. The van der Waals surface area contributed by atoms with E-state index < -0.39 is 0 Å². The van der Waals surface area contributed by atoms with Crippen molar-refractivity contribution in [3.05, 3.63) is 59.2 Å². The van der Waals surface area contributed by atoms with Crippen molar-refractivity contribution in [3.8, 4) is 5.75 Å². The first-order valence-corrected chi connectivity index (χ1v) is 9.75. The van der Waals surface area contributed by atoms with Gasteiger partial charge in [0.2, 0.25) is 5.91 Å². The van der Waals surface area contributed by atoms with Crippen molar-refractivity contribution >= 4 is 17.5 Å². The van der Waals surface area contributed by atoms with Crippen LogP contribution in [0.5, 0.6) is 5.75 Å². The number of hydrogen-bond acceptors (Lipinski definition) is 3. The van der Waals surface area contributed by atoms with Crippen LogP contribution in [0.2, 0.25) is 0 Å². The highest BCUT2D eigenvalue weighted by Gasteiger charge is 2.31. The molecule has 0 aromatic heterocycles. The summed E-state index contributed by atoms with van der Waals surface area (Å²) >= 11 is 0. The molecule has 146 valence electrons. The Labute approximate surface area is 165 Å². The van der Waals surface area contributed by atoms with Crippen LogP contribution in [0.1, 0.15) is 37.5 Å². The first-order valence-electron chi connectivity index (χ1n) is 9.75. The quantitative estimate of drug-likeness (QED) is 0.806. The van der Waals surface area contributed by atoms with Crippen molar-refractivity contribution in [2.45, 2.75) is 39.2 Å². The van der Waals surface area contributed by atoms with Crippen LogP contribution >= 0.6 is 0 Å². The number of ether oxygens (including phenoxy) is 1. The lowest BCUT2D eigenvalue weighted by Crippen LogP contribution is -2.47. The number of carbonyl (C=O) groups excluding carboxylic acids is 2. The van der Waals surface area contributed by atoms with E-state index in [1.54, 1.807) is 4.90 Å². The number of nitrogens with zero attached hydrogens (tertiary/aromatic N) is 2. The fourth-order valence-electron chi connectivity index (χ4n) is 3.79. The third kappa shape index (κ3) is 3.49. The van der Waals surface area contributed by atoms with E-state index in [4.69, 9.17) is 4.74 Å². The minimum Gasteiger partial charge on any atom is -0.482 e. The van der Waals surface area contributed by atoms with Gasteiger partial charge in [0.15, 0.2) is 6.61 Å². The van der Waals surface area contributed by atoms with Crippen LogP contribution < -0.4 is 9.64 Å². The van der Waals surface area contributed by atoms with Crippen molar-refractivity contribution in [3.63, 3.8) is 0 Å². The minimum atomic E-state index is -0.177. The van der Waals surface area contributed by atoms with E-state index in [0.717, 1.165) is 12.0 Å². The van der Waals surface area contributed by atoms with E-state index in [0.29, 0.717) is 24.5 Å². The zero-order chi connectivity index (χ0) is 19.9. The number of fused-ring (bicyclic) bond motifs is 2. The maximum absolute atomic E-state index is 13.0. The molecular formula is C23H26N2O3. The minimum absolute atomic E-state index is 0.0298. The van der Waals surface area contributed by atoms with Gasteiger partial charge < -0.3 is 9.64 Å². The molecule has 5 heteroatoms. The van der Waals surface area contributed by atoms with Crippen LogP contribution in [0.15, 0.2) is 42.5 Å². The molecule has 2 aliphatic heterocycles. The predicted octanol–water partition coefficient (Wildman–Crippen LogP) is 3.29. The molecule has 0 unspecified atom stereocenters. The molecule has 0 aliphatic carbocycles. The van der Waals surface area contributed by atoms with Crippen LogP contribution in [0, 0.1) is 0 Å². The molecular weight excluding hydrogens is 352 g/mol. The molecule has 0 fully saturated rings. The lowest BCUT2D eigenvalue weighted by Gasteiger charge is -2.34. The van der Waals surface area contributed by atoms with Gasteiger partial charge in [0.05, 0.1) is 5.69 Å². The average Bonchev–Trinajstić information content (AvgIpc) is 2.68. The summed E-state index contributed by atoms with van der Waals surface area (Å²) in [7, 11) is 0. The zero-order valence-electron chi connectivity index (χ0n) is 16.7. The smallest absolute Gasteiger partial charge is 0.265 e. The molecule has 0 spiro atoms. The summed E-state index contributed by atoms with van der Waals surface area (Å²) in [6.45, 7) is 7.68. The molecule has 2 aromatic carbocycles. The first-order chi connectivity index (χ1) is 13.3. The highest BCUT2D eigenvalue weighted by atomic mass is 16.5. The molecule has 0 bridgehead atoms. The largest absolute Gasteiger partial charge is 0.482 e. The van der Waals surface area contributed by atoms with E-state index in [1.165, 1.54) is 11.1 Å². The highest BCUT2D eigenvalue weighted by Crippen LogP contribution is 2.36. The Balaban J connectivity index is 1.57. The summed E-state index contributed by atoms with van der Waals surface area (Å²) in [5.74, 6) is 0.450.